The molecule has 0 bridgehead atoms. The van der Waals surface area contributed by atoms with Crippen LogP contribution < -0.4 is 5.32 Å². The second kappa shape index (κ2) is 7.04. The molecule has 0 heterocycles. The SMILES string of the molecule is CCCNCC1CCCCC1c1cc(F)ccc1C. The summed E-state index contributed by atoms with van der Waals surface area (Å²) in [5.41, 5.74) is 2.48. The Hall–Kier alpha value is -0.890. The maximum absolute atomic E-state index is 13.5. The van der Waals surface area contributed by atoms with Gasteiger partial charge < -0.3 is 5.32 Å². The fourth-order valence-electron chi connectivity index (χ4n) is 3.34. The first kappa shape index (κ1) is 14.5. The molecule has 1 nitrogen and oxygen atoms in total. The minimum absolute atomic E-state index is 0.0913. The molecule has 1 saturated carbocycles. The van der Waals surface area contributed by atoms with E-state index in [1.807, 2.05) is 6.07 Å². The van der Waals surface area contributed by atoms with Crippen molar-refractivity contribution in [3.63, 3.8) is 0 Å². The Morgan fingerprint density at radius 3 is 2.84 bits per heavy atom. The molecule has 1 aliphatic carbocycles. The molecule has 1 aromatic rings. The van der Waals surface area contributed by atoms with Gasteiger partial charge in [-0.1, -0.05) is 25.8 Å². The van der Waals surface area contributed by atoms with Crippen LogP contribution in [0.5, 0.6) is 0 Å². The molecule has 2 unspecified atom stereocenters. The summed E-state index contributed by atoms with van der Waals surface area (Å²) in [7, 11) is 0. The van der Waals surface area contributed by atoms with Crippen LogP contribution in [0.15, 0.2) is 18.2 Å². The second-order valence-corrected chi connectivity index (χ2v) is 5.86. The Bertz CT molecular complexity index is 402. The number of halogens is 1. The summed E-state index contributed by atoms with van der Waals surface area (Å²) in [6.45, 7) is 6.47. The van der Waals surface area contributed by atoms with Gasteiger partial charge >= 0.3 is 0 Å². The van der Waals surface area contributed by atoms with Crippen LogP contribution in [0, 0.1) is 18.7 Å². The molecular formula is C17H26FN. The van der Waals surface area contributed by atoms with E-state index >= 15 is 0 Å². The van der Waals surface area contributed by atoms with Gasteiger partial charge in [-0.05, 0) is 74.4 Å². The molecule has 1 N–H and O–H groups in total. The average molecular weight is 263 g/mol. The van der Waals surface area contributed by atoms with E-state index in [1.165, 1.54) is 43.2 Å². The monoisotopic (exact) mass is 263 g/mol. The lowest BCUT2D eigenvalue weighted by Crippen LogP contribution is -2.30. The first-order chi connectivity index (χ1) is 9.22. The predicted octanol–water partition coefficient (Wildman–Crippen LogP) is 4.41. The van der Waals surface area contributed by atoms with E-state index in [0.717, 1.165) is 13.1 Å². The highest BCUT2D eigenvalue weighted by atomic mass is 19.1. The molecule has 1 fully saturated rings. The van der Waals surface area contributed by atoms with Crippen LogP contribution in [0.2, 0.25) is 0 Å². The van der Waals surface area contributed by atoms with E-state index in [9.17, 15) is 4.39 Å². The van der Waals surface area contributed by atoms with Crippen molar-refractivity contribution >= 4 is 0 Å². The summed E-state index contributed by atoms with van der Waals surface area (Å²) in [4.78, 5) is 0. The van der Waals surface area contributed by atoms with Crippen molar-refractivity contribution in [3.05, 3.63) is 35.1 Å². The van der Waals surface area contributed by atoms with Crippen molar-refractivity contribution < 1.29 is 4.39 Å². The Balaban J connectivity index is 2.11. The first-order valence-corrected chi connectivity index (χ1v) is 7.69. The quantitative estimate of drug-likeness (QED) is 0.776. The van der Waals surface area contributed by atoms with E-state index in [4.69, 9.17) is 0 Å². The topological polar surface area (TPSA) is 12.0 Å². The average Bonchev–Trinajstić information content (AvgIpc) is 2.42. The highest BCUT2D eigenvalue weighted by molar-refractivity contribution is 5.31. The number of rotatable bonds is 5. The summed E-state index contributed by atoms with van der Waals surface area (Å²) < 4.78 is 13.5. The van der Waals surface area contributed by atoms with Gasteiger partial charge in [0.05, 0.1) is 0 Å². The largest absolute Gasteiger partial charge is 0.316 e. The maximum Gasteiger partial charge on any atom is 0.123 e. The van der Waals surface area contributed by atoms with E-state index in [-0.39, 0.29) is 5.82 Å². The zero-order valence-corrected chi connectivity index (χ0v) is 12.2. The molecule has 19 heavy (non-hydrogen) atoms. The molecule has 0 spiro atoms. The predicted molar refractivity (Wildman–Crippen MR) is 79.0 cm³/mol. The smallest absolute Gasteiger partial charge is 0.123 e. The number of benzene rings is 1. The molecule has 0 aliphatic heterocycles. The molecule has 0 saturated heterocycles. The Labute approximate surface area is 116 Å². The summed E-state index contributed by atoms with van der Waals surface area (Å²) in [5, 5.41) is 3.54. The first-order valence-electron chi connectivity index (χ1n) is 7.69. The zero-order valence-electron chi connectivity index (χ0n) is 12.2. The third kappa shape index (κ3) is 3.79. The summed E-state index contributed by atoms with van der Waals surface area (Å²) in [6.07, 6.45) is 6.27. The molecule has 0 amide bonds. The van der Waals surface area contributed by atoms with E-state index in [2.05, 4.69) is 19.2 Å². The Kier molecular flexibility index (Phi) is 5.38. The van der Waals surface area contributed by atoms with Crippen LogP contribution in [-0.4, -0.2) is 13.1 Å². The standard InChI is InChI=1S/C17H26FN/c1-3-10-19-12-14-6-4-5-7-16(14)17-11-15(18)9-8-13(17)2/h8-9,11,14,16,19H,3-7,10,12H2,1-2H3. The van der Waals surface area contributed by atoms with Crippen LogP contribution >= 0.6 is 0 Å². The third-order valence-electron chi connectivity index (χ3n) is 4.38. The van der Waals surface area contributed by atoms with E-state index in [1.54, 1.807) is 12.1 Å². The van der Waals surface area contributed by atoms with Crippen molar-refractivity contribution in [3.8, 4) is 0 Å². The van der Waals surface area contributed by atoms with Crippen molar-refractivity contribution in [2.75, 3.05) is 13.1 Å². The van der Waals surface area contributed by atoms with Gasteiger partial charge in [-0.25, -0.2) is 4.39 Å². The van der Waals surface area contributed by atoms with Crippen LogP contribution in [0.4, 0.5) is 4.39 Å². The molecule has 0 radical (unpaired) electrons. The molecular weight excluding hydrogens is 237 g/mol. The molecule has 106 valence electrons. The van der Waals surface area contributed by atoms with Crippen molar-refractivity contribution in [2.45, 2.75) is 51.9 Å². The van der Waals surface area contributed by atoms with Gasteiger partial charge in [-0.3, -0.25) is 0 Å². The maximum atomic E-state index is 13.5. The Morgan fingerprint density at radius 2 is 2.05 bits per heavy atom. The van der Waals surface area contributed by atoms with Crippen LogP contribution in [0.1, 0.15) is 56.1 Å². The summed E-state index contributed by atoms with van der Waals surface area (Å²) >= 11 is 0. The Morgan fingerprint density at radius 1 is 1.26 bits per heavy atom. The van der Waals surface area contributed by atoms with Gasteiger partial charge in [0.25, 0.3) is 0 Å². The van der Waals surface area contributed by atoms with Crippen LogP contribution in [-0.2, 0) is 0 Å². The molecule has 2 heteroatoms. The van der Waals surface area contributed by atoms with E-state index < -0.39 is 0 Å². The lowest BCUT2D eigenvalue weighted by atomic mass is 9.74. The van der Waals surface area contributed by atoms with Crippen LogP contribution in [0.3, 0.4) is 0 Å². The summed E-state index contributed by atoms with van der Waals surface area (Å²) in [6, 6.07) is 5.26. The lowest BCUT2D eigenvalue weighted by Gasteiger charge is -2.33. The van der Waals surface area contributed by atoms with Crippen LogP contribution in [0.25, 0.3) is 0 Å². The third-order valence-corrected chi connectivity index (χ3v) is 4.38. The minimum Gasteiger partial charge on any atom is -0.316 e. The fraction of sp³-hybridized carbons (Fsp3) is 0.647. The van der Waals surface area contributed by atoms with Gasteiger partial charge in [-0.2, -0.15) is 0 Å². The highest BCUT2D eigenvalue weighted by Gasteiger charge is 2.27. The van der Waals surface area contributed by atoms with E-state index in [0.29, 0.717) is 11.8 Å². The van der Waals surface area contributed by atoms with Crippen molar-refractivity contribution in [2.24, 2.45) is 5.92 Å². The molecule has 0 aromatic heterocycles. The number of hydrogen-bond donors (Lipinski definition) is 1. The second-order valence-electron chi connectivity index (χ2n) is 5.86. The number of aryl methyl sites for hydroxylation is 1. The number of hydrogen-bond acceptors (Lipinski definition) is 1. The molecule has 1 aliphatic rings. The van der Waals surface area contributed by atoms with Gasteiger partial charge in [0.15, 0.2) is 0 Å². The van der Waals surface area contributed by atoms with Gasteiger partial charge in [-0.15, -0.1) is 0 Å². The van der Waals surface area contributed by atoms with Crippen molar-refractivity contribution in [1.29, 1.82) is 0 Å². The minimum atomic E-state index is -0.0913. The lowest BCUT2D eigenvalue weighted by molar-refractivity contribution is 0.294. The van der Waals surface area contributed by atoms with Gasteiger partial charge in [0.1, 0.15) is 5.82 Å². The molecule has 2 rings (SSSR count). The van der Waals surface area contributed by atoms with Gasteiger partial charge in [0.2, 0.25) is 0 Å². The molecule has 2 atom stereocenters. The highest BCUT2D eigenvalue weighted by Crippen LogP contribution is 2.38. The fourth-order valence-corrected chi connectivity index (χ4v) is 3.34. The van der Waals surface area contributed by atoms with Crippen molar-refractivity contribution in [1.82, 2.24) is 5.32 Å². The number of nitrogens with one attached hydrogen (secondary N) is 1. The normalized spacial score (nSPS) is 23.5. The molecule has 1 aromatic carbocycles. The summed E-state index contributed by atoms with van der Waals surface area (Å²) in [5.74, 6) is 1.11. The van der Waals surface area contributed by atoms with Gasteiger partial charge in [0, 0.05) is 0 Å². The zero-order chi connectivity index (χ0) is 13.7.